The molecule has 0 bridgehead atoms. The van der Waals surface area contributed by atoms with Crippen LogP contribution < -0.4 is 10.6 Å². The van der Waals surface area contributed by atoms with Crippen LogP contribution in [0.4, 0.5) is 0 Å². The molecule has 1 heterocycles. The second-order valence-electron chi connectivity index (χ2n) is 6.30. The van der Waals surface area contributed by atoms with Gasteiger partial charge >= 0.3 is 0 Å². The van der Waals surface area contributed by atoms with Gasteiger partial charge in [0, 0.05) is 46.2 Å². The van der Waals surface area contributed by atoms with Crippen LogP contribution in [0.15, 0.2) is 48.0 Å². The van der Waals surface area contributed by atoms with Gasteiger partial charge in [0.25, 0.3) is 0 Å². The van der Waals surface area contributed by atoms with E-state index in [-0.39, 0.29) is 5.60 Å². The molecule has 2 rings (SSSR count). The second-order valence-corrected chi connectivity index (χ2v) is 6.30. The Balaban J connectivity index is 1.88. The number of methoxy groups -OCH3 is 1. The maximum absolute atomic E-state index is 5.41. The van der Waals surface area contributed by atoms with Gasteiger partial charge < -0.3 is 19.9 Å². The molecular formula is C18H27N5O. The van der Waals surface area contributed by atoms with Gasteiger partial charge in [-0.3, -0.25) is 4.99 Å². The Morgan fingerprint density at radius 3 is 2.75 bits per heavy atom. The molecule has 0 atom stereocenters. The van der Waals surface area contributed by atoms with Crippen molar-refractivity contribution in [3.63, 3.8) is 0 Å². The highest BCUT2D eigenvalue weighted by molar-refractivity contribution is 5.79. The van der Waals surface area contributed by atoms with Crippen LogP contribution >= 0.6 is 0 Å². The van der Waals surface area contributed by atoms with Crippen LogP contribution in [0.5, 0.6) is 0 Å². The molecule has 1 aromatic carbocycles. The molecule has 0 amide bonds. The Hall–Kier alpha value is -2.34. The Labute approximate surface area is 144 Å². The summed E-state index contributed by atoms with van der Waals surface area (Å²) in [5.41, 5.74) is 2.22. The number of rotatable bonds is 7. The molecule has 6 nitrogen and oxygen atoms in total. The molecule has 0 unspecified atom stereocenters. The highest BCUT2D eigenvalue weighted by atomic mass is 16.5. The highest BCUT2D eigenvalue weighted by Gasteiger charge is 2.16. The molecule has 1 aromatic heterocycles. The number of hydrogen-bond acceptors (Lipinski definition) is 3. The van der Waals surface area contributed by atoms with Crippen LogP contribution in [0, 0.1) is 0 Å². The van der Waals surface area contributed by atoms with Crippen molar-refractivity contribution in [2.24, 2.45) is 4.99 Å². The Bertz CT molecular complexity index is 649. The number of nitrogens with one attached hydrogen (secondary N) is 2. The molecule has 0 spiro atoms. The minimum absolute atomic E-state index is 0.234. The van der Waals surface area contributed by atoms with Crippen molar-refractivity contribution >= 4 is 5.96 Å². The van der Waals surface area contributed by atoms with Gasteiger partial charge in [0.2, 0.25) is 0 Å². The first-order valence-electron chi connectivity index (χ1n) is 8.05. The zero-order valence-corrected chi connectivity index (χ0v) is 14.9. The van der Waals surface area contributed by atoms with Crippen molar-refractivity contribution in [2.75, 3.05) is 20.7 Å². The molecule has 0 radical (unpaired) electrons. The maximum atomic E-state index is 5.41. The molecule has 0 saturated carbocycles. The van der Waals surface area contributed by atoms with Gasteiger partial charge in [-0.05, 0) is 25.0 Å². The van der Waals surface area contributed by atoms with Crippen molar-refractivity contribution in [3.8, 4) is 0 Å². The smallest absolute Gasteiger partial charge is 0.191 e. The predicted molar refractivity (Wildman–Crippen MR) is 97.1 cm³/mol. The summed E-state index contributed by atoms with van der Waals surface area (Å²) < 4.78 is 7.46. The van der Waals surface area contributed by atoms with Crippen molar-refractivity contribution in [3.05, 3.63) is 54.1 Å². The summed E-state index contributed by atoms with van der Waals surface area (Å²) >= 11 is 0. The van der Waals surface area contributed by atoms with E-state index in [4.69, 9.17) is 4.74 Å². The summed E-state index contributed by atoms with van der Waals surface area (Å²) in [5, 5.41) is 6.62. The molecule has 0 aliphatic carbocycles. The quantitative estimate of drug-likeness (QED) is 0.603. The average molecular weight is 329 g/mol. The molecule has 0 aliphatic heterocycles. The van der Waals surface area contributed by atoms with E-state index in [9.17, 15) is 0 Å². The van der Waals surface area contributed by atoms with Crippen molar-refractivity contribution in [1.29, 1.82) is 0 Å². The number of aliphatic imine (C=N–C) groups is 1. The summed E-state index contributed by atoms with van der Waals surface area (Å²) in [6.07, 6.45) is 5.59. The molecule has 24 heavy (non-hydrogen) atoms. The lowest BCUT2D eigenvalue weighted by molar-refractivity contribution is 0.0268. The van der Waals surface area contributed by atoms with Gasteiger partial charge in [-0.25, -0.2) is 4.98 Å². The summed E-state index contributed by atoms with van der Waals surface area (Å²) in [6, 6.07) is 8.50. The minimum Gasteiger partial charge on any atom is -0.377 e. The van der Waals surface area contributed by atoms with Crippen LogP contribution in [0.25, 0.3) is 0 Å². The van der Waals surface area contributed by atoms with E-state index < -0.39 is 0 Å². The third-order valence-corrected chi connectivity index (χ3v) is 3.83. The lowest BCUT2D eigenvalue weighted by atomic mass is 10.1. The van der Waals surface area contributed by atoms with Crippen molar-refractivity contribution in [2.45, 2.75) is 32.5 Å². The van der Waals surface area contributed by atoms with Gasteiger partial charge in [0.05, 0.1) is 11.9 Å². The number of ether oxygens (including phenoxy) is 1. The summed E-state index contributed by atoms with van der Waals surface area (Å²) in [6.45, 7) is 6.29. The zero-order chi connectivity index (χ0) is 17.4. The largest absolute Gasteiger partial charge is 0.377 e. The maximum Gasteiger partial charge on any atom is 0.191 e. The van der Waals surface area contributed by atoms with Crippen LogP contribution in [0.3, 0.4) is 0 Å². The highest BCUT2D eigenvalue weighted by Crippen LogP contribution is 2.08. The standard InChI is InChI=1S/C18H27N5O/c1-18(2,24-4)13-22-17(19-3)21-11-15-6-5-7-16(10-15)12-23-9-8-20-14-23/h5-10,14H,11-13H2,1-4H3,(H2,19,21,22). The molecule has 0 fully saturated rings. The number of guanidine groups is 1. The van der Waals surface area contributed by atoms with E-state index in [0.717, 1.165) is 12.5 Å². The second kappa shape index (κ2) is 8.49. The summed E-state index contributed by atoms with van der Waals surface area (Å²) in [7, 11) is 3.48. The van der Waals surface area contributed by atoms with Crippen molar-refractivity contribution in [1.82, 2.24) is 20.2 Å². The molecule has 2 N–H and O–H groups in total. The fraction of sp³-hybridized carbons (Fsp3) is 0.444. The molecule has 2 aromatic rings. The van der Waals surface area contributed by atoms with Gasteiger partial charge in [-0.1, -0.05) is 24.3 Å². The Morgan fingerprint density at radius 2 is 2.08 bits per heavy atom. The van der Waals surface area contributed by atoms with Gasteiger partial charge in [0.1, 0.15) is 0 Å². The van der Waals surface area contributed by atoms with Gasteiger partial charge in [-0.2, -0.15) is 0 Å². The average Bonchev–Trinajstić information content (AvgIpc) is 3.08. The van der Waals surface area contributed by atoms with E-state index in [1.54, 1.807) is 20.4 Å². The lowest BCUT2D eigenvalue weighted by Gasteiger charge is -2.24. The number of aromatic nitrogens is 2. The summed E-state index contributed by atoms with van der Waals surface area (Å²) in [4.78, 5) is 8.33. The Kier molecular flexibility index (Phi) is 6.37. The normalized spacial score (nSPS) is 12.2. The van der Waals surface area contributed by atoms with E-state index in [0.29, 0.717) is 13.1 Å². The lowest BCUT2D eigenvalue weighted by Crippen LogP contribution is -2.45. The summed E-state index contributed by atoms with van der Waals surface area (Å²) in [5.74, 6) is 0.764. The number of hydrogen-bond donors (Lipinski definition) is 2. The third-order valence-electron chi connectivity index (χ3n) is 3.83. The topological polar surface area (TPSA) is 63.5 Å². The predicted octanol–water partition coefficient (Wildman–Crippen LogP) is 2.02. The molecule has 0 saturated heterocycles. The van der Waals surface area contributed by atoms with Crippen LogP contribution in [-0.4, -0.2) is 41.8 Å². The van der Waals surface area contributed by atoms with Gasteiger partial charge in [0.15, 0.2) is 5.96 Å². The zero-order valence-electron chi connectivity index (χ0n) is 14.9. The Morgan fingerprint density at radius 1 is 1.29 bits per heavy atom. The molecule has 0 aliphatic rings. The van der Waals surface area contributed by atoms with Crippen LogP contribution in [0.2, 0.25) is 0 Å². The van der Waals surface area contributed by atoms with E-state index >= 15 is 0 Å². The molecule has 130 valence electrons. The number of nitrogens with zero attached hydrogens (tertiary/aromatic N) is 3. The van der Waals surface area contributed by atoms with Crippen molar-refractivity contribution < 1.29 is 4.74 Å². The first-order chi connectivity index (χ1) is 11.5. The first kappa shape index (κ1) is 18.0. The van der Waals surface area contributed by atoms with E-state index in [2.05, 4.69) is 49.4 Å². The fourth-order valence-electron chi connectivity index (χ4n) is 2.20. The van der Waals surface area contributed by atoms with Gasteiger partial charge in [-0.15, -0.1) is 0 Å². The monoisotopic (exact) mass is 329 g/mol. The molecular weight excluding hydrogens is 302 g/mol. The van der Waals surface area contributed by atoms with Crippen LogP contribution in [0.1, 0.15) is 25.0 Å². The third kappa shape index (κ3) is 5.70. The van der Waals surface area contributed by atoms with Crippen LogP contribution in [-0.2, 0) is 17.8 Å². The van der Waals surface area contributed by atoms with E-state index in [1.165, 1.54) is 11.1 Å². The number of benzene rings is 1. The van der Waals surface area contributed by atoms with E-state index in [1.807, 2.05) is 26.4 Å². The minimum atomic E-state index is -0.234. The first-order valence-corrected chi connectivity index (χ1v) is 8.05. The fourth-order valence-corrected chi connectivity index (χ4v) is 2.20. The molecule has 6 heteroatoms. The SMILES string of the molecule is CN=C(NCc1cccc(Cn2ccnc2)c1)NCC(C)(C)OC. The number of imidazole rings is 1.